The first-order valence-corrected chi connectivity index (χ1v) is 14.3. The number of ether oxygens (including phenoxy) is 2. The van der Waals surface area contributed by atoms with Crippen LogP contribution in [0.15, 0.2) is 23.8 Å². The highest BCUT2D eigenvalue weighted by molar-refractivity contribution is 7.53. The van der Waals surface area contributed by atoms with Crippen LogP contribution in [0.2, 0.25) is 0 Å². The predicted octanol–water partition coefficient (Wildman–Crippen LogP) is -0.723. The molecule has 0 amide bonds. The number of aliphatic hydroxyl groups is 2. The Morgan fingerprint density at radius 1 is 1.07 bits per heavy atom. The summed E-state index contributed by atoms with van der Waals surface area (Å²) in [6.07, 6.45) is -0.222. The lowest BCUT2D eigenvalue weighted by Crippen LogP contribution is -2.29. The molecule has 40 heavy (non-hydrogen) atoms. The molecular formula is C21H27N10O8P. The van der Waals surface area contributed by atoms with Gasteiger partial charge in [-0.05, 0) is 0 Å². The van der Waals surface area contributed by atoms with Gasteiger partial charge >= 0.3 is 7.60 Å². The van der Waals surface area contributed by atoms with Crippen molar-refractivity contribution in [3.8, 4) is 0 Å². The molecule has 4 aromatic heterocycles. The summed E-state index contributed by atoms with van der Waals surface area (Å²) in [6.45, 7) is 0.644. The molecule has 7 N–H and O–H groups in total. The molecule has 214 valence electrons. The summed E-state index contributed by atoms with van der Waals surface area (Å²) in [5.41, 5.74) is 12.1. The second-order valence-corrected chi connectivity index (χ2v) is 11.6. The third kappa shape index (κ3) is 4.83. The Morgan fingerprint density at radius 3 is 2.55 bits per heavy atom. The van der Waals surface area contributed by atoms with Gasteiger partial charge in [0.25, 0.3) is 5.56 Å². The molecule has 4 aromatic rings. The molecule has 2 saturated heterocycles. The Bertz CT molecular complexity index is 1660. The zero-order chi connectivity index (χ0) is 28.2. The molecule has 19 heteroatoms. The van der Waals surface area contributed by atoms with Gasteiger partial charge < -0.3 is 40.2 Å². The maximum atomic E-state index is 13.3. The zero-order valence-corrected chi connectivity index (χ0v) is 22.0. The van der Waals surface area contributed by atoms with Crippen molar-refractivity contribution < 1.29 is 33.3 Å². The number of H-pyrrole nitrogens is 1. The van der Waals surface area contributed by atoms with E-state index < -0.39 is 56.6 Å². The Balaban J connectivity index is 1.10. The molecule has 2 fully saturated rings. The highest BCUT2D eigenvalue weighted by atomic mass is 31.2. The highest BCUT2D eigenvalue weighted by Crippen LogP contribution is 2.49. The highest BCUT2D eigenvalue weighted by Gasteiger charge is 2.42. The monoisotopic (exact) mass is 578 g/mol. The van der Waals surface area contributed by atoms with Crippen molar-refractivity contribution in [1.82, 2.24) is 39.0 Å². The molecule has 6 heterocycles. The van der Waals surface area contributed by atoms with Gasteiger partial charge in [0, 0.05) is 19.5 Å². The summed E-state index contributed by atoms with van der Waals surface area (Å²) in [5, 5.41) is 20.5. The molecule has 0 aliphatic carbocycles. The maximum Gasteiger partial charge on any atom is 0.328 e. The number of nitrogens with one attached hydrogen (secondary N) is 1. The quantitative estimate of drug-likeness (QED) is 0.162. The molecule has 6 rings (SSSR count). The maximum absolute atomic E-state index is 13.3. The molecular weight excluding hydrogens is 551 g/mol. The van der Waals surface area contributed by atoms with Crippen molar-refractivity contribution in [3.63, 3.8) is 0 Å². The van der Waals surface area contributed by atoms with Gasteiger partial charge in [0.05, 0.1) is 38.1 Å². The molecule has 0 saturated carbocycles. The Morgan fingerprint density at radius 2 is 1.77 bits per heavy atom. The molecule has 0 unspecified atom stereocenters. The molecule has 0 bridgehead atoms. The molecule has 18 nitrogen and oxygen atoms in total. The van der Waals surface area contributed by atoms with Crippen LogP contribution in [0.5, 0.6) is 0 Å². The van der Waals surface area contributed by atoms with E-state index in [0.717, 1.165) is 0 Å². The van der Waals surface area contributed by atoms with Crippen molar-refractivity contribution >= 4 is 41.7 Å². The van der Waals surface area contributed by atoms with E-state index in [1.54, 1.807) is 4.57 Å². The molecule has 7 atom stereocenters. The van der Waals surface area contributed by atoms with Crippen LogP contribution >= 0.6 is 7.60 Å². The van der Waals surface area contributed by atoms with Crippen molar-refractivity contribution in [2.24, 2.45) is 0 Å². The first-order valence-electron chi connectivity index (χ1n) is 12.3. The number of imidazole rings is 2. The molecule has 0 aromatic carbocycles. The van der Waals surface area contributed by atoms with Crippen molar-refractivity contribution in [2.45, 2.75) is 49.7 Å². The Kier molecular flexibility index (Phi) is 6.78. The van der Waals surface area contributed by atoms with Gasteiger partial charge in [0.15, 0.2) is 22.6 Å². The minimum atomic E-state index is -3.71. The number of hydrogen-bond acceptors (Lipinski definition) is 15. The van der Waals surface area contributed by atoms with Crippen LogP contribution in [0.25, 0.3) is 22.3 Å². The van der Waals surface area contributed by atoms with Crippen molar-refractivity contribution in [1.29, 1.82) is 0 Å². The van der Waals surface area contributed by atoms with Gasteiger partial charge in [-0.1, -0.05) is 0 Å². The fraction of sp³-hybridized carbons (Fsp3) is 0.524. The van der Waals surface area contributed by atoms with Gasteiger partial charge in [0.2, 0.25) is 5.95 Å². The number of aliphatic hydroxyl groups excluding tert-OH is 2. The number of nitrogens with two attached hydrogens (primary N) is 2. The third-order valence-electron chi connectivity index (χ3n) is 6.82. The van der Waals surface area contributed by atoms with E-state index in [-0.39, 0.29) is 42.4 Å². The van der Waals surface area contributed by atoms with Gasteiger partial charge in [-0.2, -0.15) is 4.98 Å². The van der Waals surface area contributed by atoms with Gasteiger partial charge in [-0.25, -0.2) is 19.9 Å². The van der Waals surface area contributed by atoms with Crippen LogP contribution in [0.4, 0.5) is 11.8 Å². The van der Waals surface area contributed by atoms with Crippen LogP contribution in [0, 0.1) is 0 Å². The number of fused-ring (bicyclic) bond motifs is 2. The molecule has 2 aliphatic heterocycles. The van der Waals surface area contributed by atoms with E-state index >= 15 is 0 Å². The number of nitrogens with zero attached hydrogens (tertiary/aromatic N) is 7. The smallest absolute Gasteiger partial charge is 0.328 e. The van der Waals surface area contributed by atoms with Gasteiger partial charge in [0.1, 0.15) is 36.5 Å². The lowest BCUT2D eigenvalue weighted by molar-refractivity contribution is -0.0496. The van der Waals surface area contributed by atoms with Crippen LogP contribution in [0.3, 0.4) is 0 Å². The number of aromatic nitrogens is 8. The Hall–Kier alpha value is -3.51. The summed E-state index contributed by atoms with van der Waals surface area (Å²) in [5.74, 6) is 0.133. The van der Waals surface area contributed by atoms with E-state index in [1.165, 1.54) is 30.2 Å². The SMILES string of the molecule is C[P@](=O)(OC[C@H]1O[C@@H](n2cnc3c(=O)[nH]c(N)nc32)C[C@@H]1O)O[C@H]1C[C@H](n2cnc3c(N)ncnc32)O[C@@H]1CO. The van der Waals surface area contributed by atoms with E-state index in [1.807, 2.05) is 0 Å². The first-order chi connectivity index (χ1) is 19.1. The summed E-state index contributed by atoms with van der Waals surface area (Å²) in [7, 11) is -3.71. The average molecular weight is 578 g/mol. The summed E-state index contributed by atoms with van der Waals surface area (Å²) in [6, 6.07) is 0. The van der Waals surface area contributed by atoms with Gasteiger partial charge in [-0.15, -0.1) is 0 Å². The normalized spacial score (nSPS) is 28.5. The fourth-order valence-corrected chi connectivity index (χ4v) is 6.09. The minimum Gasteiger partial charge on any atom is -0.394 e. The Labute approximate surface area is 224 Å². The summed E-state index contributed by atoms with van der Waals surface area (Å²) >= 11 is 0. The number of anilines is 2. The predicted molar refractivity (Wildman–Crippen MR) is 137 cm³/mol. The number of rotatable bonds is 8. The zero-order valence-electron chi connectivity index (χ0n) is 21.1. The van der Waals surface area contributed by atoms with E-state index in [0.29, 0.717) is 11.2 Å². The second-order valence-electron chi connectivity index (χ2n) is 9.55. The van der Waals surface area contributed by atoms with Crippen molar-refractivity contribution in [2.75, 3.05) is 31.3 Å². The molecule has 0 radical (unpaired) electrons. The van der Waals surface area contributed by atoms with E-state index in [9.17, 15) is 19.6 Å². The lowest BCUT2D eigenvalue weighted by Gasteiger charge is -2.23. The van der Waals surface area contributed by atoms with E-state index in [2.05, 4.69) is 29.9 Å². The molecule has 2 aliphatic rings. The van der Waals surface area contributed by atoms with Crippen LogP contribution in [-0.4, -0.2) is 93.5 Å². The number of nitrogen functional groups attached to an aromatic ring is 2. The van der Waals surface area contributed by atoms with E-state index in [4.69, 9.17) is 30.0 Å². The number of aromatic amines is 1. The molecule has 0 spiro atoms. The average Bonchev–Trinajstić information content (AvgIpc) is 3.67. The largest absolute Gasteiger partial charge is 0.394 e. The third-order valence-corrected chi connectivity index (χ3v) is 8.09. The lowest BCUT2D eigenvalue weighted by atomic mass is 10.2. The van der Waals surface area contributed by atoms with Crippen molar-refractivity contribution in [3.05, 3.63) is 29.3 Å². The first kappa shape index (κ1) is 26.7. The van der Waals surface area contributed by atoms with Crippen LogP contribution in [-0.2, 0) is 23.1 Å². The minimum absolute atomic E-state index is 0.0774. The van der Waals surface area contributed by atoms with Crippen LogP contribution in [0.1, 0.15) is 25.3 Å². The summed E-state index contributed by atoms with van der Waals surface area (Å²) < 4.78 is 39.6. The topological polar surface area (TPSA) is 254 Å². The van der Waals surface area contributed by atoms with Crippen LogP contribution < -0.4 is 17.0 Å². The fourth-order valence-electron chi connectivity index (χ4n) is 4.90. The standard InChI is InChI=1S/C21H27N10O8P/c1-40(35,39-10-3-14(37-11(10)4-32)30-7-26-15-17(22)24-6-25-18(15)30)36-5-12-9(33)2-13(38-12)31-8-27-16-19(31)28-21(23)29-20(16)34/h6-14,32-33H,2-5H2,1H3,(H2,22,24,25)(H3,23,28,29,34)/t9-,10-,11+,12+,13+,14+,40-/m0/s1. The summed E-state index contributed by atoms with van der Waals surface area (Å²) in [4.78, 5) is 34.9. The number of hydrogen-bond donors (Lipinski definition) is 5. The second kappa shape index (κ2) is 10.2. The van der Waals surface area contributed by atoms with Gasteiger partial charge in [-0.3, -0.25) is 23.5 Å².